The standard InChI is InChI=1S/C21H13ClF2N4O3/c22-11-3-1-4-12(7-11)28-18(19-5-2-6-31-19)10-17(27-28)21(30)26-16-8-13(20(25)29)14(23)9-15(16)24/h1-10H,(H2,25,29)(H,26,30). The number of rotatable bonds is 5. The van der Waals surface area contributed by atoms with Gasteiger partial charge in [-0.1, -0.05) is 17.7 Å². The molecule has 7 nitrogen and oxygen atoms in total. The van der Waals surface area contributed by atoms with Gasteiger partial charge in [-0.3, -0.25) is 9.59 Å². The molecule has 2 heterocycles. The van der Waals surface area contributed by atoms with Crippen molar-refractivity contribution in [3.05, 3.63) is 88.8 Å². The monoisotopic (exact) mass is 442 g/mol. The summed E-state index contributed by atoms with van der Waals surface area (Å²) in [6.45, 7) is 0. The van der Waals surface area contributed by atoms with Crippen LogP contribution >= 0.6 is 11.6 Å². The van der Waals surface area contributed by atoms with Crippen LogP contribution in [0.25, 0.3) is 17.1 Å². The van der Waals surface area contributed by atoms with Gasteiger partial charge in [0.2, 0.25) is 0 Å². The van der Waals surface area contributed by atoms with E-state index in [1.807, 2.05) is 0 Å². The highest BCUT2D eigenvalue weighted by atomic mass is 35.5. The van der Waals surface area contributed by atoms with Crippen molar-refractivity contribution in [2.45, 2.75) is 0 Å². The molecule has 10 heteroatoms. The zero-order valence-electron chi connectivity index (χ0n) is 15.6. The summed E-state index contributed by atoms with van der Waals surface area (Å²) in [4.78, 5) is 24.1. The smallest absolute Gasteiger partial charge is 0.276 e. The van der Waals surface area contributed by atoms with Crippen LogP contribution in [0.5, 0.6) is 0 Å². The molecular formula is C21H13ClF2N4O3. The maximum absolute atomic E-state index is 14.1. The third-order valence-electron chi connectivity index (χ3n) is 4.34. The quantitative estimate of drug-likeness (QED) is 0.477. The van der Waals surface area contributed by atoms with Crippen molar-refractivity contribution in [1.29, 1.82) is 0 Å². The summed E-state index contributed by atoms with van der Waals surface area (Å²) < 4.78 is 34.7. The first kappa shape index (κ1) is 20.3. The van der Waals surface area contributed by atoms with Crippen LogP contribution in [0, 0.1) is 11.6 Å². The molecule has 0 saturated heterocycles. The number of nitrogens with zero attached hydrogens (tertiary/aromatic N) is 2. The van der Waals surface area contributed by atoms with E-state index in [0.29, 0.717) is 28.2 Å². The Hall–Kier alpha value is -3.98. The van der Waals surface area contributed by atoms with Crippen molar-refractivity contribution in [2.75, 3.05) is 5.32 Å². The van der Waals surface area contributed by atoms with Crippen LogP contribution in [0.4, 0.5) is 14.5 Å². The Labute approximate surface area is 179 Å². The van der Waals surface area contributed by atoms with E-state index < -0.39 is 34.7 Å². The number of aromatic nitrogens is 2. The summed E-state index contributed by atoms with van der Waals surface area (Å²) in [5.41, 5.74) is 5.01. The molecule has 4 aromatic rings. The highest BCUT2D eigenvalue weighted by Crippen LogP contribution is 2.27. The van der Waals surface area contributed by atoms with E-state index >= 15 is 0 Å². The summed E-state index contributed by atoms with van der Waals surface area (Å²) >= 11 is 6.07. The molecule has 0 fully saturated rings. The zero-order valence-corrected chi connectivity index (χ0v) is 16.4. The highest BCUT2D eigenvalue weighted by Gasteiger charge is 2.21. The number of anilines is 1. The van der Waals surface area contributed by atoms with Crippen molar-refractivity contribution in [2.24, 2.45) is 5.73 Å². The molecule has 0 aliphatic heterocycles. The Morgan fingerprint density at radius 2 is 1.87 bits per heavy atom. The van der Waals surface area contributed by atoms with E-state index in [0.717, 1.165) is 6.07 Å². The molecule has 2 aromatic heterocycles. The predicted octanol–water partition coefficient (Wildman–Crippen LogP) is 4.42. The lowest BCUT2D eigenvalue weighted by Gasteiger charge is -2.07. The van der Waals surface area contributed by atoms with E-state index in [-0.39, 0.29) is 5.69 Å². The molecule has 31 heavy (non-hydrogen) atoms. The number of nitrogens with one attached hydrogen (secondary N) is 1. The molecule has 0 bridgehead atoms. The van der Waals surface area contributed by atoms with E-state index in [9.17, 15) is 18.4 Å². The molecule has 0 spiro atoms. The highest BCUT2D eigenvalue weighted by molar-refractivity contribution is 6.30. The molecule has 4 rings (SSSR count). The van der Waals surface area contributed by atoms with Crippen LogP contribution < -0.4 is 11.1 Å². The fourth-order valence-electron chi connectivity index (χ4n) is 2.92. The number of halogens is 3. The molecular weight excluding hydrogens is 430 g/mol. The number of amides is 2. The van der Waals surface area contributed by atoms with Crippen molar-refractivity contribution in [1.82, 2.24) is 9.78 Å². The topological polar surface area (TPSA) is 103 Å². The van der Waals surface area contributed by atoms with Gasteiger partial charge in [-0.15, -0.1) is 0 Å². The second-order valence-electron chi connectivity index (χ2n) is 6.41. The number of hydrogen-bond donors (Lipinski definition) is 2. The minimum atomic E-state index is -1.13. The SMILES string of the molecule is NC(=O)c1cc(NC(=O)c2cc(-c3ccco3)n(-c3cccc(Cl)c3)n2)c(F)cc1F. The molecule has 0 saturated carbocycles. The number of hydrogen-bond acceptors (Lipinski definition) is 4. The number of carbonyl (C=O) groups is 2. The largest absolute Gasteiger partial charge is 0.463 e. The van der Waals surface area contributed by atoms with Gasteiger partial charge < -0.3 is 15.5 Å². The summed E-state index contributed by atoms with van der Waals surface area (Å²) in [6, 6.07) is 12.8. The van der Waals surface area contributed by atoms with Crippen LogP contribution in [-0.2, 0) is 0 Å². The van der Waals surface area contributed by atoms with Crippen molar-refractivity contribution in [3.63, 3.8) is 0 Å². The third-order valence-corrected chi connectivity index (χ3v) is 4.57. The van der Waals surface area contributed by atoms with Gasteiger partial charge in [0, 0.05) is 17.2 Å². The molecule has 0 aliphatic carbocycles. The number of benzene rings is 2. The maximum atomic E-state index is 14.1. The zero-order chi connectivity index (χ0) is 22.1. The van der Waals surface area contributed by atoms with Gasteiger partial charge in [0.25, 0.3) is 11.8 Å². The van der Waals surface area contributed by atoms with Gasteiger partial charge in [0.15, 0.2) is 11.5 Å². The lowest BCUT2D eigenvalue weighted by Crippen LogP contribution is -2.17. The summed E-state index contributed by atoms with van der Waals surface area (Å²) in [6.07, 6.45) is 1.46. The minimum Gasteiger partial charge on any atom is -0.463 e. The number of furan rings is 1. The van der Waals surface area contributed by atoms with Crippen molar-refractivity contribution < 1.29 is 22.8 Å². The normalized spacial score (nSPS) is 10.8. The third kappa shape index (κ3) is 4.03. The summed E-state index contributed by atoms with van der Waals surface area (Å²) in [5.74, 6) is -3.67. The Kier molecular flexibility index (Phi) is 5.26. The first-order valence-electron chi connectivity index (χ1n) is 8.83. The van der Waals surface area contributed by atoms with Crippen LogP contribution in [0.2, 0.25) is 5.02 Å². The van der Waals surface area contributed by atoms with E-state index in [1.165, 1.54) is 17.0 Å². The average molecular weight is 443 g/mol. The minimum absolute atomic E-state index is 0.0873. The Bertz CT molecular complexity index is 1300. The van der Waals surface area contributed by atoms with Crippen LogP contribution in [0.1, 0.15) is 20.8 Å². The van der Waals surface area contributed by atoms with Crippen LogP contribution in [-0.4, -0.2) is 21.6 Å². The van der Waals surface area contributed by atoms with Crippen LogP contribution in [0.3, 0.4) is 0 Å². The summed E-state index contributed by atoms with van der Waals surface area (Å²) in [5, 5.41) is 7.01. The lowest BCUT2D eigenvalue weighted by molar-refractivity contribution is 0.0991. The van der Waals surface area contributed by atoms with Crippen molar-refractivity contribution in [3.8, 4) is 17.1 Å². The van der Waals surface area contributed by atoms with E-state index in [1.54, 1.807) is 36.4 Å². The Morgan fingerprint density at radius 3 is 2.55 bits per heavy atom. The molecule has 0 radical (unpaired) electrons. The first-order chi connectivity index (χ1) is 14.8. The van der Waals surface area contributed by atoms with E-state index in [4.69, 9.17) is 21.8 Å². The number of carbonyl (C=O) groups excluding carboxylic acids is 2. The van der Waals surface area contributed by atoms with Gasteiger partial charge in [0.1, 0.15) is 17.3 Å². The molecule has 2 aromatic carbocycles. The molecule has 0 aliphatic rings. The summed E-state index contributed by atoms with van der Waals surface area (Å²) in [7, 11) is 0. The fourth-order valence-corrected chi connectivity index (χ4v) is 3.10. The number of nitrogens with two attached hydrogens (primary N) is 1. The first-order valence-corrected chi connectivity index (χ1v) is 9.21. The lowest BCUT2D eigenvalue weighted by atomic mass is 10.1. The Morgan fingerprint density at radius 1 is 1.06 bits per heavy atom. The fraction of sp³-hybridized carbons (Fsp3) is 0. The molecule has 2 amide bonds. The molecule has 0 atom stereocenters. The Balaban J connectivity index is 1.74. The average Bonchev–Trinajstić information content (AvgIpc) is 3.39. The van der Waals surface area contributed by atoms with Gasteiger partial charge in [-0.2, -0.15) is 5.10 Å². The van der Waals surface area contributed by atoms with E-state index in [2.05, 4.69) is 10.4 Å². The van der Waals surface area contributed by atoms with Crippen LogP contribution in [0.15, 0.2) is 65.3 Å². The van der Waals surface area contributed by atoms with Gasteiger partial charge in [-0.05, 0) is 36.4 Å². The molecule has 0 unspecified atom stereocenters. The maximum Gasteiger partial charge on any atom is 0.276 e. The second kappa shape index (κ2) is 8.04. The number of primary amides is 1. The molecule has 3 N–H and O–H groups in total. The van der Waals surface area contributed by atoms with Gasteiger partial charge >= 0.3 is 0 Å². The predicted molar refractivity (Wildman–Crippen MR) is 109 cm³/mol. The van der Waals surface area contributed by atoms with Gasteiger partial charge in [-0.25, -0.2) is 13.5 Å². The van der Waals surface area contributed by atoms with Crippen molar-refractivity contribution >= 4 is 29.1 Å². The molecule has 156 valence electrons. The second-order valence-corrected chi connectivity index (χ2v) is 6.85. The van der Waals surface area contributed by atoms with Gasteiger partial charge in [0.05, 0.1) is 23.2 Å².